The lowest BCUT2D eigenvalue weighted by Crippen LogP contribution is -2.18. The van der Waals surface area contributed by atoms with Gasteiger partial charge in [0.2, 0.25) is 0 Å². The van der Waals surface area contributed by atoms with Crippen LogP contribution >= 0.6 is 0 Å². The smallest absolute Gasteiger partial charge is 0.416 e. The van der Waals surface area contributed by atoms with Gasteiger partial charge in [0.05, 0.1) is 24.5 Å². The minimum absolute atomic E-state index is 0.178. The molecular formula is C22H17F3N2O4. The fraction of sp³-hybridized carbons (Fsp3) is 0.136. The number of carbonyl (C=O) groups is 2. The summed E-state index contributed by atoms with van der Waals surface area (Å²) in [4.78, 5) is 23.9. The Balaban J connectivity index is 1.72. The van der Waals surface area contributed by atoms with E-state index in [1.54, 1.807) is 37.3 Å². The first-order valence-electron chi connectivity index (χ1n) is 8.99. The minimum Gasteiger partial charge on any atom is -0.465 e. The van der Waals surface area contributed by atoms with E-state index in [0.717, 1.165) is 18.2 Å². The van der Waals surface area contributed by atoms with Crippen LogP contribution in [0.4, 0.5) is 13.2 Å². The van der Waals surface area contributed by atoms with Crippen LogP contribution in [0.25, 0.3) is 11.3 Å². The molecule has 1 aromatic heterocycles. The van der Waals surface area contributed by atoms with Crippen molar-refractivity contribution in [2.45, 2.75) is 13.1 Å². The first kappa shape index (κ1) is 21.8. The molecule has 1 amide bonds. The monoisotopic (exact) mass is 430 g/mol. The molecule has 3 aromatic rings. The first-order valence-corrected chi connectivity index (χ1v) is 8.99. The number of furan rings is 1. The number of ether oxygens (including phenoxy) is 1. The molecule has 0 aliphatic heterocycles. The van der Waals surface area contributed by atoms with Gasteiger partial charge in [-0.15, -0.1) is 0 Å². The molecule has 0 aliphatic carbocycles. The highest BCUT2D eigenvalue weighted by atomic mass is 19.4. The van der Waals surface area contributed by atoms with E-state index < -0.39 is 23.6 Å². The highest BCUT2D eigenvalue weighted by Gasteiger charge is 2.30. The number of alkyl halides is 3. The quantitative estimate of drug-likeness (QED) is 0.357. The van der Waals surface area contributed by atoms with Crippen molar-refractivity contribution in [1.29, 1.82) is 0 Å². The van der Waals surface area contributed by atoms with Gasteiger partial charge in [0.15, 0.2) is 0 Å². The molecule has 0 bridgehead atoms. The summed E-state index contributed by atoms with van der Waals surface area (Å²) in [5.41, 5.74) is 2.81. The minimum atomic E-state index is -4.55. The molecule has 0 radical (unpaired) electrons. The fourth-order valence-electron chi connectivity index (χ4n) is 2.86. The number of amides is 1. The number of hydrazone groups is 1. The Bertz CT molecular complexity index is 1150. The predicted molar refractivity (Wildman–Crippen MR) is 107 cm³/mol. The molecule has 1 N–H and O–H groups in total. The SMILES string of the molecule is COC(=O)c1cccc(-c2ccc(C=NNC(=O)c3cccc(C(F)(F)F)c3)o2)c1C. The third-order valence-electron chi connectivity index (χ3n) is 4.44. The van der Waals surface area contributed by atoms with E-state index in [9.17, 15) is 22.8 Å². The van der Waals surface area contributed by atoms with Crippen molar-refractivity contribution in [1.82, 2.24) is 5.43 Å². The Morgan fingerprint density at radius 1 is 1.10 bits per heavy atom. The molecule has 31 heavy (non-hydrogen) atoms. The molecule has 0 saturated heterocycles. The van der Waals surface area contributed by atoms with E-state index >= 15 is 0 Å². The fourth-order valence-corrected chi connectivity index (χ4v) is 2.86. The molecule has 0 atom stereocenters. The lowest BCUT2D eigenvalue weighted by Gasteiger charge is -2.08. The van der Waals surface area contributed by atoms with Crippen molar-refractivity contribution in [2.24, 2.45) is 5.10 Å². The zero-order chi connectivity index (χ0) is 22.6. The van der Waals surface area contributed by atoms with Crippen LogP contribution in [0.2, 0.25) is 0 Å². The highest BCUT2D eigenvalue weighted by Crippen LogP contribution is 2.30. The zero-order valence-electron chi connectivity index (χ0n) is 16.5. The maximum Gasteiger partial charge on any atom is 0.416 e. The summed E-state index contributed by atoms with van der Waals surface area (Å²) in [5.74, 6) is -0.503. The van der Waals surface area contributed by atoms with Gasteiger partial charge in [-0.25, -0.2) is 10.2 Å². The summed E-state index contributed by atoms with van der Waals surface area (Å²) in [6, 6.07) is 12.4. The van der Waals surface area contributed by atoms with Crippen LogP contribution in [0.1, 0.15) is 37.6 Å². The highest BCUT2D eigenvalue weighted by molar-refractivity contribution is 5.95. The number of hydrogen-bond donors (Lipinski definition) is 1. The van der Waals surface area contributed by atoms with Crippen molar-refractivity contribution in [3.05, 3.63) is 82.6 Å². The van der Waals surface area contributed by atoms with E-state index in [1.165, 1.54) is 19.4 Å². The molecule has 0 unspecified atom stereocenters. The molecule has 0 aliphatic rings. The number of esters is 1. The lowest BCUT2D eigenvalue weighted by atomic mass is 10.0. The number of rotatable bonds is 5. The van der Waals surface area contributed by atoms with Gasteiger partial charge in [-0.1, -0.05) is 18.2 Å². The number of nitrogens with one attached hydrogen (secondary N) is 1. The van der Waals surface area contributed by atoms with Gasteiger partial charge in [-0.2, -0.15) is 18.3 Å². The molecule has 6 nitrogen and oxygen atoms in total. The lowest BCUT2D eigenvalue weighted by molar-refractivity contribution is -0.137. The van der Waals surface area contributed by atoms with Gasteiger partial charge in [0.25, 0.3) is 5.91 Å². The maximum atomic E-state index is 12.8. The van der Waals surface area contributed by atoms with E-state index in [2.05, 4.69) is 10.5 Å². The van der Waals surface area contributed by atoms with Crippen molar-refractivity contribution >= 4 is 18.1 Å². The summed E-state index contributed by atoms with van der Waals surface area (Å²) in [5, 5.41) is 3.72. The number of nitrogens with zero attached hydrogens (tertiary/aromatic N) is 1. The molecule has 0 saturated carbocycles. The van der Waals surface area contributed by atoms with E-state index in [0.29, 0.717) is 28.2 Å². The normalized spacial score (nSPS) is 11.5. The van der Waals surface area contributed by atoms with Crippen LogP contribution in [-0.4, -0.2) is 25.2 Å². The number of carbonyl (C=O) groups excluding carboxylic acids is 2. The topological polar surface area (TPSA) is 80.9 Å². The van der Waals surface area contributed by atoms with Crippen molar-refractivity contribution in [3.63, 3.8) is 0 Å². The average molecular weight is 430 g/mol. The Labute approximate surface area is 175 Å². The second kappa shape index (κ2) is 8.86. The van der Waals surface area contributed by atoms with Gasteiger partial charge in [0, 0.05) is 11.1 Å². The third kappa shape index (κ3) is 5.00. The summed E-state index contributed by atoms with van der Waals surface area (Å²) < 4.78 is 48.7. The standard InChI is InChI=1S/C22H17F3N2O4/c1-13-17(7-4-8-18(13)21(29)30-2)19-10-9-16(31-19)12-26-27-20(28)14-5-3-6-15(11-14)22(23,24)25/h3-12H,1-2H3,(H,27,28). The molecule has 0 spiro atoms. The van der Waals surface area contributed by atoms with Crippen LogP contribution < -0.4 is 5.43 Å². The summed E-state index contributed by atoms with van der Waals surface area (Å²) in [7, 11) is 1.30. The van der Waals surface area contributed by atoms with Crippen molar-refractivity contribution < 1.29 is 31.9 Å². The van der Waals surface area contributed by atoms with Gasteiger partial charge in [-0.3, -0.25) is 4.79 Å². The zero-order valence-corrected chi connectivity index (χ0v) is 16.5. The Kier molecular flexibility index (Phi) is 6.24. The molecule has 3 rings (SSSR count). The number of methoxy groups -OCH3 is 1. The summed E-state index contributed by atoms with van der Waals surface area (Å²) in [6.45, 7) is 1.76. The molecule has 1 heterocycles. The van der Waals surface area contributed by atoms with Crippen LogP contribution in [0.5, 0.6) is 0 Å². The molecular weight excluding hydrogens is 413 g/mol. The van der Waals surface area contributed by atoms with Crippen LogP contribution in [0.15, 0.2) is 64.1 Å². The number of halogens is 3. The van der Waals surface area contributed by atoms with Crippen LogP contribution in [0, 0.1) is 6.92 Å². The molecule has 0 fully saturated rings. The number of benzene rings is 2. The maximum absolute atomic E-state index is 12.8. The molecule has 160 valence electrons. The molecule has 9 heteroatoms. The summed E-state index contributed by atoms with van der Waals surface area (Å²) >= 11 is 0. The Hall–Kier alpha value is -3.88. The first-order chi connectivity index (χ1) is 14.7. The molecule has 2 aromatic carbocycles. The van der Waals surface area contributed by atoms with Gasteiger partial charge < -0.3 is 9.15 Å². The van der Waals surface area contributed by atoms with Crippen molar-refractivity contribution in [3.8, 4) is 11.3 Å². The van der Waals surface area contributed by atoms with E-state index in [1.807, 2.05) is 0 Å². The average Bonchev–Trinajstić information content (AvgIpc) is 3.21. The van der Waals surface area contributed by atoms with Gasteiger partial charge in [0.1, 0.15) is 11.5 Å². The van der Waals surface area contributed by atoms with Gasteiger partial charge in [-0.05, 0) is 48.9 Å². The van der Waals surface area contributed by atoms with Gasteiger partial charge >= 0.3 is 12.1 Å². The predicted octanol–water partition coefficient (Wildman–Crippen LogP) is 4.82. The Morgan fingerprint density at radius 3 is 2.55 bits per heavy atom. The number of hydrogen-bond acceptors (Lipinski definition) is 5. The second-order valence-electron chi connectivity index (χ2n) is 6.45. The second-order valence-corrected chi connectivity index (χ2v) is 6.45. The van der Waals surface area contributed by atoms with Crippen LogP contribution in [-0.2, 0) is 10.9 Å². The van der Waals surface area contributed by atoms with E-state index in [4.69, 9.17) is 9.15 Å². The van der Waals surface area contributed by atoms with E-state index in [-0.39, 0.29) is 5.56 Å². The summed E-state index contributed by atoms with van der Waals surface area (Å²) in [6.07, 6.45) is -3.33. The van der Waals surface area contributed by atoms with Crippen molar-refractivity contribution in [2.75, 3.05) is 7.11 Å². The Morgan fingerprint density at radius 2 is 1.84 bits per heavy atom. The largest absolute Gasteiger partial charge is 0.465 e. The van der Waals surface area contributed by atoms with Crippen LogP contribution in [0.3, 0.4) is 0 Å². The third-order valence-corrected chi connectivity index (χ3v) is 4.44.